The van der Waals surface area contributed by atoms with Crippen molar-refractivity contribution >= 4 is 0 Å². The molecule has 1 saturated carbocycles. The molecule has 0 saturated heterocycles. The molecule has 2 nitrogen and oxygen atoms in total. The highest BCUT2D eigenvalue weighted by Gasteiger charge is 2.34. The van der Waals surface area contributed by atoms with Crippen LogP contribution in [0.4, 0.5) is 0 Å². The number of hydrogen-bond acceptors (Lipinski definition) is 2. The Balaban J connectivity index is 2.21. The van der Waals surface area contributed by atoms with Crippen LogP contribution in [0.25, 0.3) is 0 Å². The van der Waals surface area contributed by atoms with Crippen molar-refractivity contribution in [3.8, 4) is 6.07 Å². The molecule has 0 radical (unpaired) electrons. The zero-order chi connectivity index (χ0) is 8.55. The molecular formula is C10H10N2. The Morgan fingerprint density at radius 2 is 1.92 bits per heavy atom. The van der Waals surface area contributed by atoms with Gasteiger partial charge in [-0.2, -0.15) is 5.26 Å². The van der Waals surface area contributed by atoms with Crippen molar-refractivity contribution in [2.75, 3.05) is 0 Å². The summed E-state index contributed by atoms with van der Waals surface area (Å²) in [4.78, 5) is 0. The van der Waals surface area contributed by atoms with E-state index >= 15 is 0 Å². The molecule has 2 rings (SSSR count). The van der Waals surface area contributed by atoms with Gasteiger partial charge in [-0.25, -0.2) is 0 Å². The van der Waals surface area contributed by atoms with Gasteiger partial charge in [-0.3, -0.25) is 0 Å². The first kappa shape index (κ1) is 7.33. The summed E-state index contributed by atoms with van der Waals surface area (Å²) < 4.78 is 0. The molecule has 1 aliphatic rings. The largest absolute Gasteiger partial charge is 0.327 e. The summed E-state index contributed by atoms with van der Waals surface area (Å²) >= 11 is 0. The van der Waals surface area contributed by atoms with E-state index in [2.05, 4.69) is 6.07 Å². The molecule has 0 unspecified atom stereocenters. The number of nitriles is 1. The average molecular weight is 158 g/mol. The molecule has 0 heterocycles. The fourth-order valence-electron chi connectivity index (χ4n) is 1.40. The molecule has 1 aliphatic carbocycles. The van der Waals surface area contributed by atoms with Gasteiger partial charge in [0.15, 0.2) is 0 Å². The minimum Gasteiger partial charge on any atom is -0.327 e. The molecule has 2 atom stereocenters. The molecule has 0 spiro atoms. The van der Waals surface area contributed by atoms with E-state index in [4.69, 9.17) is 11.0 Å². The van der Waals surface area contributed by atoms with E-state index in [-0.39, 0.29) is 0 Å². The smallest absolute Gasteiger partial charge is 0.0991 e. The summed E-state index contributed by atoms with van der Waals surface area (Å²) in [6.07, 6.45) is 1.09. The van der Waals surface area contributed by atoms with Crippen LogP contribution in [0.3, 0.4) is 0 Å². The molecule has 2 N–H and O–H groups in total. The van der Waals surface area contributed by atoms with Crippen LogP contribution < -0.4 is 5.73 Å². The van der Waals surface area contributed by atoms with Crippen molar-refractivity contribution in [3.63, 3.8) is 0 Å². The SMILES string of the molecule is N#Cc1ccc([C@@H]2C[C@H]2N)cc1. The third-order valence-corrected chi connectivity index (χ3v) is 2.31. The van der Waals surface area contributed by atoms with Crippen LogP contribution in [0.5, 0.6) is 0 Å². The number of nitrogens with zero attached hydrogens (tertiary/aromatic N) is 1. The van der Waals surface area contributed by atoms with Crippen molar-refractivity contribution < 1.29 is 0 Å². The molecule has 12 heavy (non-hydrogen) atoms. The van der Waals surface area contributed by atoms with Crippen molar-refractivity contribution in [1.29, 1.82) is 5.26 Å². The van der Waals surface area contributed by atoms with E-state index in [0.717, 1.165) is 6.42 Å². The molecule has 1 aromatic carbocycles. The highest BCUT2D eigenvalue weighted by molar-refractivity contribution is 5.35. The van der Waals surface area contributed by atoms with Crippen molar-refractivity contribution in [2.24, 2.45) is 5.73 Å². The summed E-state index contributed by atoms with van der Waals surface area (Å²) in [5.41, 5.74) is 7.69. The van der Waals surface area contributed by atoms with Crippen LogP contribution in [0.15, 0.2) is 24.3 Å². The Morgan fingerprint density at radius 1 is 1.33 bits per heavy atom. The minimum atomic E-state index is 0.345. The molecule has 2 heteroatoms. The van der Waals surface area contributed by atoms with E-state index < -0.39 is 0 Å². The number of rotatable bonds is 1. The second-order valence-corrected chi connectivity index (χ2v) is 3.24. The van der Waals surface area contributed by atoms with Gasteiger partial charge in [-0.05, 0) is 24.1 Å². The first-order chi connectivity index (χ1) is 5.81. The second-order valence-electron chi connectivity index (χ2n) is 3.24. The number of hydrogen-bond donors (Lipinski definition) is 1. The Labute approximate surface area is 71.6 Å². The maximum Gasteiger partial charge on any atom is 0.0991 e. The van der Waals surface area contributed by atoms with Gasteiger partial charge in [0.1, 0.15) is 0 Å². The maximum absolute atomic E-state index is 8.56. The van der Waals surface area contributed by atoms with Crippen molar-refractivity contribution in [1.82, 2.24) is 0 Å². The summed E-state index contributed by atoms with van der Waals surface area (Å²) in [6.45, 7) is 0. The summed E-state index contributed by atoms with van der Waals surface area (Å²) in [7, 11) is 0. The van der Waals surface area contributed by atoms with Crippen molar-refractivity contribution in [2.45, 2.75) is 18.4 Å². The Hall–Kier alpha value is -1.33. The predicted molar refractivity (Wildman–Crippen MR) is 46.5 cm³/mol. The molecule has 0 aromatic heterocycles. The summed E-state index contributed by atoms with van der Waals surface area (Å²) in [5, 5.41) is 8.56. The predicted octanol–water partition coefficient (Wildman–Crippen LogP) is 1.37. The van der Waals surface area contributed by atoms with Crippen LogP contribution in [-0.4, -0.2) is 6.04 Å². The van der Waals surface area contributed by atoms with E-state index in [9.17, 15) is 0 Å². The highest BCUT2D eigenvalue weighted by Crippen LogP contribution is 2.38. The van der Waals surface area contributed by atoms with Crippen LogP contribution in [-0.2, 0) is 0 Å². The Morgan fingerprint density at radius 3 is 2.33 bits per heavy atom. The molecular weight excluding hydrogens is 148 g/mol. The zero-order valence-electron chi connectivity index (χ0n) is 6.70. The van der Waals surface area contributed by atoms with Gasteiger partial charge in [0, 0.05) is 12.0 Å². The quantitative estimate of drug-likeness (QED) is 0.671. The number of benzene rings is 1. The average Bonchev–Trinajstić information content (AvgIpc) is 2.83. The third kappa shape index (κ3) is 1.19. The topological polar surface area (TPSA) is 49.8 Å². The molecule has 60 valence electrons. The van der Waals surface area contributed by atoms with Gasteiger partial charge in [0.05, 0.1) is 11.6 Å². The molecule has 0 amide bonds. The van der Waals surface area contributed by atoms with Gasteiger partial charge in [-0.15, -0.1) is 0 Å². The van der Waals surface area contributed by atoms with Crippen molar-refractivity contribution in [3.05, 3.63) is 35.4 Å². The number of nitrogens with two attached hydrogens (primary N) is 1. The third-order valence-electron chi connectivity index (χ3n) is 2.31. The summed E-state index contributed by atoms with van der Waals surface area (Å²) in [5.74, 6) is 0.540. The molecule has 0 bridgehead atoms. The van der Waals surface area contributed by atoms with Crippen LogP contribution >= 0.6 is 0 Å². The van der Waals surface area contributed by atoms with Gasteiger partial charge < -0.3 is 5.73 Å². The van der Waals surface area contributed by atoms with Gasteiger partial charge in [0.2, 0.25) is 0 Å². The first-order valence-electron chi connectivity index (χ1n) is 4.07. The van der Waals surface area contributed by atoms with Crippen LogP contribution in [0.2, 0.25) is 0 Å². The van der Waals surface area contributed by atoms with E-state index in [1.165, 1.54) is 5.56 Å². The fraction of sp³-hybridized carbons (Fsp3) is 0.300. The summed E-state index contributed by atoms with van der Waals surface area (Å²) in [6, 6.07) is 10.1. The standard InChI is InChI=1S/C10H10N2/c11-6-7-1-3-8(4-2-7)9-5-10(9)12/h1-4,9-10H,5,12H2/t9-,10+/m0/s1. The Kier molecular flexibility index (Phi) is 1.60. The lowest BCUT2D eigenvalue weighted by Crippen LogP contribution is -2.00. The first-order valence-corrected chi connectivity index (χ1v) is 4.07. The van der Waals surface area contributed by atoms with E-state index in [0.29, 0.717) is 17.5 Å². The van der Waals surface area contributed by atoms with E-state index in [1.807, 2.05) is 24.3 Å². The second kappa shape index (κ2) is 2.62. The zero-order valence-corrected chi connectivity index (χ0v) is 6.70. The van der Waals surface area contributed by atoms with E-state index in [1.54, 1.807) is 0 Å². The minimum absolute atomic E-state index is 0.345. The lowest BCUT2D eigenvalue weighted by atomic mass is 10.1. The lowest BCUT2D eigenvalue weighted by Gasteiger charge is -1.96. The van der Waals surface area contributed by atoms with Crippen LogP contribution in [0, 0.1) is 11.3 Å². The molecule has 1 aromatic rings. The maximum atomic E-state index is 8.56. The van der Waals surface area contributed by atoms with Gasteiger partial charge in [0.25, 0.3) is 0 Å². The molecule has 0 aliphatic heterocycles. The fourth-order valence-corrected chi connectivity index (χ4v) is 1.40. The Bertz CT molecular complexity index is 321. The van der Waals surface area contributed by atoms with Gasteiger partial charge >= 0.3 is 0 Å². The van der Waals surface area contributed by atoms with Crippen LogP contribution in [0.1, 0.15) is 23.5 Å². The monoisotopic (exact) mass is 158 g/mol. The van der Waals surface area contributed by atoms with Gasteiger partial charge in [-0.1, -0.05) is 12.1 Å². The highest BCUT2D eigenvalue weighted by atomic mass is 14.7. The normalized spacial score (nSPS) is 26.3. The molecule has 1 fully saturated rings. The lowest BCUT2D eigenvalue weighted by molar-refractivity contribution is 0.990.